The van der Waals surface area contributed by atoms with Crippen LogP contribution in [0.4, 0.5) is 4.79 Å². The molecule has 2 aromatic rings. The Bertz CT molecular complexity index is 755. The first kappa shape index (κ1) is 18.8. The number of amides is 3. The van der Waals surface area contributed by atoms with Crippen molar-refractivity contribution in [2.24, 2.45) is 0 Å². The first-order valence-electron chi connectivity index (χ1n) is 9.11. The number of carbonyl (C=O) groups is 2. The number of benzene rings is 1. The van der Waals surface area contributed by atoms with Crippen LogP contribution in [0.5, 0.6) is 0 Å². The van der Waals surface area contributed by atoms with Crippen molar-refractivity contribution in [3.8, 4) is 0 Å². The van der Waals surface area contributed by atoms with E-state index in [-0.39, 0.29) is 11.4 Å². The number of hydrogen-bond acceptors (Lipinski definition) is 4. The van der Waals surface area contributed by atoms with Gasteiger partial charge in [-0.3, -0.25) is 10.1 Å². The molecule has 26 heavy (non-hydrogen) atoms. The van der Waals surface area contributed by atoms with Crippen LogP contribution in [0.1, 0.15) is 44.5 Å². The summed E-state index contributed by atoms with van der Waals surface area (Å²) < 4.78 is 1.24. The molecule has 140 valence electrons. The van der Waals surface area contributed by atoms with Gasteiger partial charge in [-0.2, -0.15) is 0 Å². The number of carbonyl (C=O) groups excluding carboxylic acids is 2. The van der Waals surface area contributed by atoms with Crippen molar-refractivity contribution in [1.82, 2.24) is 15.6 Å². The van der Waals surface area contributed by atoms with Gasteiger partial charge >= 0.3 is 6.03 Å². The van der Waals surface area contributed by atoms with Gasteiger partial charge in [-0.1, -0.05) is 12.1 Å². The van der Waals surface area contributed by atoms with Crippen molar-refractivity contribution in [3.63, 3.8) is 0 Å². The highest BCUT2D eigenvalue weighted by Crippen LogP contribution is 2.31. The summed E-state index contributed by atoms with van der Waals surface area (Å²) in [5, 5.41) is 6.37. The van der Waals surface area contributed by atoms with Crippen molar-refractivity contribution >= 4 is 33.5 Å². The van der Waals surface area contributed by atoms with E-state index in [0.717, 1.165) is 31.4 Å². The molecule has 0 unspecified atom stereocenters. The Morgan fingerprint density at radius 2 is 1.92 bits per heavy atom. The van der Waals surface area contributed by atoms with Gasteiger partial charge in [0.2, 0.25) is 0 Å². The molecule has 0 radical (unpaired) electrons. The predicted octanol–water partition coefficient (Wildman–Crippen LogP) is 1.68. The zero-order valence-electron chi connectivity index (χ0n) is 15.6. The van der Waals surface area contributed by atoms with Crippen LogP contribution in [0.25, 0.3) is 10.2 Å². The summed E-state index contributed by atoms with van der Waals surface area (Å²) in [4.78, 5) is 29.8. The monoisotopic (exact) mass is 375 g/mol. The third-order valence-electron chi connectivity index (χ3n) is 4.50. The van der Waals surface area contributed by atoms with Crippen molar-refractivity contribution < 1.29 is 14.5 Å². The minimum absolute atomic E-state index is 0.222. The summed E-state index contributed by atoms with van der Waals surface area (Å²) in [6.45, 7) is 7.84. The largest absolute Gasteiger partial charge is 0.333 e. The summed E-state index contributed by atoms with van der Waals surface area (Å²) in [5.74, 6) is 0.253. The van der Waals surface area contributed by atoms with E-state index in [1.165, 1.54) is 14.6 Å². The van der Waals surface area contributed by atoms with Gasteiger partial charge < -0.3 is 10.2 Å². The molecule has 3 rings (SSSR count). The lowest BCUT2D eigenvalue weighted by Gasteiger charge is -2.28. The van der Waals surface area contributed by atoms with Crippen LogP contribution in [0.2, 0.25) is 0 Å². The number of imide groups is 1. The van der Waals surface area contributed by atoms with Gasteiger partial charge in [0.1, 0.15) is 0 Å². The molecule has 1 aliphatic rings. The minimum atomic E-state index is -0.425. The number of nitrogens with one attached hydrogen (secondary N) is 3. The van der Waals surface area contributed by atoms with Crippen molar-refractivity contribution in [1.29, 1.82) is 0 Å². The number of para-hydroxylation sites is 1. The van der Waals surface area contributed by atoms with Gasteiger partial charge in [0.25, 0.3) is 5.91 Å². The number of quaternary nitrogens is 1. The molecule has 3 N–H and O–H groups in total. The molecule has 1 aromatic carbocycles. The van der Waals surface area contributed by atoms with E-state index in [4.69, 9.17) is 4.98 Å². The number of fused-ring (bicyclic) bond motifs is 1. The molecule has 1 saturated heterocycles. The SMILES string of the molecule is CC(C)(C)NC(=O)NC(=O)C[NH+]1CCC(c2nc3ccccc3s2)CC1. The van der Waals surface area contributed by atoms with Gasteiger partial charge in [0.05, 0.1) is 28.3 Å². The Kier molecular flexibility index (Phi) is 5.58. The van der Waals surface area contributed by atoms with Gasteiger partial charge in [-0.05, 0) is 32.9 Å². The first-order valence-corrected chi connectivity index (χ1v) is 9.93. The highest BCUT2D eigenvalue weighted by Gasteiger charge is 2.27. The second-order valence-corrected chi connectivity index (χ2v) is 9.04. The van der Waals surface area contributed by atoms with Gasteiger partial charge in [0.15, 0.2) is 6.54 Å². The molecule has 1 aromatic heterocycles. The molecule has 0 aliphatic carbocycles. The summed E-state index contributed by atoms with van der Waals surface area (Å²) >= 11 is 1.78. The number of likely N-dealkylation sites (tertiary alicyclic amines) is 1. The quantitative estimate of drug-likeness (QED) is 0.764. The summed E-state index contributed by atoms with van der Waals surface area (Å²) in [6, 6.07) is 7.82. The average Bonchev–Trinajstić information content (AvgIpc) is 2.97. The molecule has 0 bridgehead atoms. The number of nitrogens with zero attached hydrogens (tertiary/aromatic N) is 1. The number of thiazole rings is 1. The first-order chi connectivity index (χ1) is 12.3. The average molecular weight is 376 g/mol. The van der Waals surface area contributed by atoms with E-state index in [1.807, 2.05) is 32.9 Å². The maximum atomic E-state index is 12.1. The number of hydrogen-bond donors (Lipinski definition) is 3. The van der Waals surface area contributed by atoms with Gasteiger partial charge in [0, 0.05) is 24.3 Å². The lowest BCUT2D eigenvalue weighted by atomic mass is 9.97. The zero-order valence-corrected chi connectivity index (χ0v) is 16.4. The molecule has 7 heteroatoms. The van der Waals surface area contributed by atoms with Crippen LogP contribution in [-0.4, -0.2) is 42.1 Å². The summed E-state index contributed by atoms with van der Waals surface area (Å²) in [7, 11) is 0. The highest BCUT2D eigenvalue weighted by molar-refractivity contribution is 7.18. The number of urea groups is 1. The number of rotatable bonds is 3. The molecular weight excluding hydrogens is 348 g/mol. The topological polar surface area (TPSA) is 75.5 Å². The molecular formula is C19H27N4O2S+. The standard InChI is InChI=1S/C19H26N4O2S/c1-19(2,3)22-18(25)21-16(24)12-23-10-8-13(9-11-23)17-20-14-6-4-5-7-15(14)26-17/h4-7,13H,8-12H2,1-3H3,(H2,21,22,24,25)/p+1. The van der Waals surface area contributed by atoms with Gasteiger partial charge in [-0.25, -0.2) is 9.78 Å². The van der Waals surface area contributed by atoms with Crippen LogP contribution in [0.15, 0.2) is 24.3 Å². The van der Waals surface area contributed by atoms with Crippen LogP contribution in [0.3, 0.4) is 0 Å². The zero-order chi connectivity index (χ0) is 18.7. The molecule has 1 fully saturated rings. The van der Waals surface area contributed by atoms with Crippen molar-refractivity contribution in [3.05, 3.63) is 29.3 Å². The third kappa shape index (κ3) is 5.02. The maximum Gasteiger partial charge on any atom is 0.322 e. The van der Waals surface area contributed by atoms with E-state index < -0.39 is 6.03 Å². The number of piperidine rings is 1. The number of aromatic nitrogens is 1. The van der Waals surface area contributed by atoms with Crippen LogP contribution < -0.4 is 15.5 Å². The summed E-state index contributed by atoms with van der Waals surface area (Å²) in [5.41, 5.74) is 0.721. The van der Waals surface area contributed by atoms with Crippen LogP contribution in [0, 0.1) is 0 Å². The van der Waals surface area contributed by atoms with E-state index in [1.54, 1.807) is 11.3 Å². The fourth-order valence-corrected chi connectivity index (χ4v) is 4.42. The molecule has 0 atom stereocenters. The third-order valence-corrected chi connectivity index (χ3v) is 5.70. The Labute approximate surface area is 158 Å². The van der Waals surface area contributed by atoms with Crippen LogP contribution in [-0.2, 0) is 4.79 Å². The fourth-order valence-electron chi connectivity index (χ4n) is 3.28. The van der Waals surface area contributed by atoms with E-state index in [2.05, 4.69) is 22.8 Å². The van der Waals surface area contributed by atoms with E-state index in [9.17, 15) is 9.59 Å². The maximum absolute atomic E-state index is 12.1. The molecule has 0 spiro atoms. The van der Waals surface area contributed by atoms with E-state index >= 15 is 0 Å². The highest BCUT2D eigenvalue weighted by atomic mass is 32.1. The second-order valence-electron chi connectivity index (χ2n) is 7.97. The lowest BCUT2D eigenvalue weighted by molar-refractivity contribution is -0.897. The second kappa shape index (κ2) is 7.72. The van der Waals surface area contributed by atoms with E-state index in [0.29, 0.717) is 12.5 Å². The Balaban J connectivity index is 1.47. The van der Waals surface area contributed by atoms with Crippen molar-refractivity contribution in [2.45, 2.75) is 45.1 Å². The predicted molar refractivity (Wildman–Crippen MR) is 104 cm³/mol. The van der Waals surface area contributed by atoms with Gasteiger partial charge in [-0.15, -0.1) is 11.3 Å². The normalized spacial score (nSPS) is 20.7. The molecule has 0 saturated carbocycles. The molecule has 3 amide bonds. The minimum Gasteiger partial charge on any atom is -0.333 e. The molecule has 1 aliphatic heterocycles. The summed E-state index contributed by atoms with van der Waals surface area (Å²) in [6.07, 6.45) is 2.05. The smallest absolute Gasteiger partial charge is 0.322 e. The Hall–Kier alpha value is -1.99. The Morgan fingerprint density at radius 1 is 1.23 bits per heavy atom. The van der Waals surface area contributed by atoms with Crippen molar-refractivity contribution in [2.75, 3.05) is 19.6 Å². The Morgan fingerprint density at radius 3 is 2.58 bits per heavy atom. The molecule has 2 heterocycles. The lowest BCUT2D eigenvalue weighted by Crippen LogP contribution is -3.14. The molecule has 6 nitrogen and oxygen atoms in total. The van der Waals surface area contributed by atoms with Crippen LogP contribution >= 0.6 is 11.3 Å². The fraction of sp³-hybridized carbons (Fsp3) is 0.526.